The first-order valence-corrected chi connectivity index (χ1v) is 9.09. The zero-order valence-corrected chi connectivity index (χ0v) is 16.7. The molecule has 0 radical (unpaired) electrons. The second-order valence-corrected chi connectivity index (χ2v) is 7.73. The van der Waals surface area contributed by atoms with Crippen molar-refractivity contribution in [2.75, 3.05) is 4.47 Å². The third-order valence-corrected chi connectivity index (χ3v) is 3.94. The quantitative estimate of drug-likeness (QED) is 0.366. The molecule has 0 aromatic heterocycles. The predicted molar refractivity (Wildman–Crippen MR) is 108 cm³/mol. The van der Waals surface area contributed by atoms with E-state index in [-0.39, 0.29) is 17.1 Å². The van der Waals surface area contributed by atoms with Gasteiger partial charge in [0, 0.05) is 17.7 Å². The van der Waals surface area contributed by atoms with Crippen molar-refractivity contribution in [2.24, 2.45) is 0 Å². The summed E-state index contributed by atoms with van der Waals surface area (Å²) < 4.78 is 8.77. The van der Waals surface area contributed by atoms with Gasteiger partial charge in [-0.2, -0.15) is 4.47 Å². The summed E-state index contributed by atoms with van der Waals surface area (Å²) in [5.74, 6) is 0.691. The van der Waals surface area contributed by atoms with E-state index in [1.165, 1.54) is 12.1 Å². The third kappa shape index (κ3) is 6.32. The summed E-state index contributed by atoms with van der Waals surface area (Å²) >= 11 is 0.551. The van der Waals surface area contributed by atoms with Crippen LogP contribution in [0.25, 0.3) is 0 Å². The second-order valence-electron chi connectivity index (χ2n) is 7.00. The molecule has 28 heavy (non-hydrogen) atoms. The minimum Gasteiger partial charge on any atom is -0.455 e. The van der Waals surface area contributed by atoms with Crippen LogP contribution in [0, 0.1) is 17.0 Å². The summed E-state index contributed by atoms with van der Waals surface area (Å²) in [6.45, 7) is 7.32. The number of carbonyl (C=O) groups is 1. The molecule has 2 aromatic carbocycles. The number of ether oxygens (including phenoxy) is 1. The van der Waals surface area contributed by atoms with Crippen molar-refractivity contribution in [3.8, 4) is 11.5 Å². The minimum absolute atomic E-state index is 0.0109. The summed E-state index contributed by atoms with van der Waals surface area (Å²) in [6.07, 6.45) is 0. The number of nitrogens with zero attached hydrogens (tertiary/aromatic N) is 2. The molecular weight excluding hydrogens is 384 g/mol. The van der Waals surface area contributed by atoms with Gasteiger partial charge in [-0.15, -0.1) is 0 Å². The normalized spacial score (nSPS) is 10.9. The van der Waals surface area contributed by atoms with Gasteiger partial charge in [-0.3, -0.25) is 20.0 Å². The molecule has 2 aromatic rings. The molecule has 0 aliphatic rings. The fourth-order valence-corrected chi connectivity index (χ4v) is 2.62. The monoisotopic (exact) mass is 406 g/mol. The number of anilines is 1. The number of hydrogen-bond donors (Lipinski definition) is 3. The summed E-state index contributed by atoms with van der Waals surface area (Å²) in [4.78, 5) is 22.4. The van der Waals surface area contributed by atoms with E-state index in [0.717, 1.165) is 11.6 Å². The van der Waals surface area contributed by atoms with E-state index >= 15 is 0 Å². The summed E-state index contributed by atoms with van der Waals surface area (Å²) in [5, 5.41) is 24.1. The number of nitro groups is 1. The van der Waals surface area contributed by atoms with Crippen molar-refractivity contribution in [1.29, 1.82) is 0 Å². The molecule has 0 bridgehead atoms. The Balaban J connectivity index is 2.22. The van der Waals surface area contributed by atoms with Crippen LogP contribution in [0.4, 0.5) is 16.2 Å². The van der Waals surface area contributed by atoms with Gasteiger partial charge >= 0.3 is 6.03 Å². The number of benzene rings is 2. The Hall–Kier alpha value is -2.98. The molecule has 10 heteroatoms. The summed E-state index contributed by atoms with van der Waals surface area (Å²) in [7, 11) is 0. The summed E-state index contributed by atoms with van der Waals surface area (Å²) in [6, 6.07) is 10.5. The molecule has 0 unspecified atom stereocenters. The van der Waals surface area contributed by atoms with E-state index in [4.69, 9.17) is 4.74 Å². The van der Waals surface area contributed by atoms with Crippen LogP contribution in [0.2, 0.25) is 0 Å². The third-order valence-electron chi connectivity index (χ3n) is 3.29. The van der Waals surface area contributed by atoms with Crippen LogP contribution in [0.5, 0.6) is 11.5 Å². The lowest BCUT2D eigenvalue weighted by atomic mass is 10.1. The molecule has 0 saturated carbocycles. The maximum Gasteiger partial charge on any atom is 0.326 e. The lowest BCUT2D eigenvalue weighted by Gasteiger charge is -2.22. The molecule has 0 spiro atoms. The topological polar surface area (TPSA) is 117 Å². The Morgan fingerprint density at radius 3 is 2.57 bits per heavy atom. The van der Waals surface area contributed by atoms with Gasteiger partial charge in [-0.25, -0.2) is 4.79 Å². The molecule has 0 heterocycles. The SMILES string of the molecule is Cc1cccc(Oc2ccc([N+](=O)[O-])cc2N(O)SNC(=O)NC(C)(C)C)c1. The maximum absolute atomic E-state index is 11.9. The zero-order valence-electron chi connectivity index (χ0n) is 15.9. The first-order valence-electron chi connectivity index (χ1n) is 8.32. The number of carbonyl (C=O) groups excluding carboxylic acids is 1. The predicted octanol–water partition coefficient (Wildman–Crippen LogP) is 4.55. The van der Waals surface area contributed by atoms with Gasteiger partial charge in [0.25, 0.3) is 5.69 Å². The molecular formula is C18H22N4O5S. The number of nitrogens with one attached hydrogen (secondary N) is 2. The lowest BCUT2D eigenvalue weighted by molar-refractivity contribution is -0.384. The van der Waals surface area contributed by atoms with Crippen molar-refractivity contribution in [1.82, 2.24) is 10.0 Å². The Bertz CT molecular complexity index is 869. The van der Waals surface area contributed by atoms with Crippen molar-refractivity contribution < 1.29 is 19.7 Å². The van der Waals surface area contributed by atoms with Gasteiger partial charge in [0.1, 0.15) is 11.4 Å². The number of nitro benzene ring substituents is 1. The highest BCUT2D eigenvalue weighted by Gasteiger charge is 2.20. The zero-order chi connectivity index (χ0) is 20.9. The number of amides is 2. The average Bonchev–Trinajstić information content (AvgIpc) is 2.58. The highest BCUT2D eigenvalue weighted by molar-refractivity contribution is 7.99. The molecule has 2 rings (SSSR count). The van der Waals surface area contributed by atoms with Crippen molar-refractivity contribution in [3.05, 3.63) is 58.1 Å². The van der Waals surface area contributed by atoms with Crippen molar-refractivity contribution in [3.63, 3.8) is 0 Å². The fourth-order valence-electron chi connectivity index (χ4n) is 2.16. The fraction of sp³-hybridized carbons (Fsp3) is 0.278. The van der Waals surface area contributed by atoms with Crippen LogP contribution < -0.4 is 19.2 Å². The minimum atomic E-state index is -0.585. The van der Waals surface area contributed by atoms with Gasteiger partial charge in [-0.05, 0) is 51.5 Å². The number of hydrogen-bond acceptors (Lipinski definition) is 7. The molecule has 0 aliphatic carbocycles. The van der Waals surface area contributed by atoms with Crippen molar-refractivity contribution >= 4 is 29.5 Å². The number of aryl methyl sites for hydroxylation is 1. The van der Waals surface area contributed by atoms with E-state index in [9.17, 15) is 20.1 Å². The Kier molecular flexibility index (Phi) is 6.71. The van der Waals surface area contributed by atoms with E-state index in [1.807, 2.05) is 33.8 Å². The smallest absolute Gasteiger partial charge is 0.326 e. The standard InChI is InChI=1S/C18H22N4O5S/c1-12-6-5-7-14(10-12)27-16-9-8-13(21(24)25)11-15(16)22(26)28-20-17(23)19-18(2,3)4/h5-11,26H,1-4H3,(H2,19,20,23). The largest absolute Gasteiger partial charge is 0.455 e. The van der Waals surface area contributed by atoms with Gasteiger partial charge < -0.3 is 10.1 Å². The van der Waals surface area contributed by atoms with E-state index in [1.54, 1.807) is 18.2 Å². The number of non-ortho nitro benzene ring substituents is 1. The van der Waals surface area contributed by atoms with Gasteiger partial charge in [0.2, 0.25) is 0 Å². The first kappa shape index (κ1) is 21.3. The van der Waals surface area contributed by atoms with Crippen LogP contribution in [-0.2, 0) is 0 Å². The lowest BCUT2D eigenvalue weighted by Crippen LogP contribution is -2.45. The number of urea groups is 1. The van der Waals surface area contributed by atoms with Gasteiger partial charge in [-0.1, -0.05) is 12.1 Å². The summed E-state index contributed by atoms with van der Waals surface area (Å²) in [5.41, 5.74) is 0.287. The molecule has 3 N–H and O–H groups in total. The van der Waals surface area contributed by atoms with Crippen LogP contribution in [0.15, 0.2) is 42.5 Å². The van der Waals surface area contributed by atoms with Crippen LogP contribution in [-0.4, -0.2) is 21.7 Å². The Morgan fingerprint density at radius 1 is 1.25 bits per heavy atom. The highest BCUT2D eigenvalue weighted by Crippen LogP contribution is 2.37. The Morgan fingerprint density at radius 2 is 1.96 bits per heavy atom. The maximum atomic E-state index is 11.9. The number of rotatable bonds is 6. The highest BCUT2D eigenvalue weighted by atomic mass is 32.2. The molecule has 2 amide bonds. The van der Waals surface area contributed by atoms with Gasteiger partial charge in [0.15, 0.2) is 5.75 Å². The first-order chi connectivity index (χ1) is 13.0. The molecule has 9 nitrogen and oxygen atoms in total. The Labute approximate surface area is 167 Å². The molecule has 0 atom stereocenters. The van der Waals surface area contributed by atoms with Gasteiger partial charge in [0.05, 0.1) is 17.1 Å². The van der Waals surface area contributed by atoms with E-state index in [0.29, 0.717) is 22.4 Å². The van der Waals surface area contributed by atoms with Crippen LogP contribution in [0.3, 0.4) is 0 Å². The van der Waals surface area contributed by atoms with Crippen LogP contribution in [0.1, 0.15) is 26.3 Å². The average molecular weight is 406 g/mol. The van der Waals surface area contributed by atoms with E-state index < -0.39 is 16.5 Å². The molecule has 0 fully saturated rings. The second kappa shape index (κ2) is 8.81. The molecule has 0 saturated heterocycles. The van der Waals surface area contributed by atoms with E-state index in [2.05, 4.69) is 10.0 Å². The molecule has 150 valence electrons. The van der Waals surface area contributed by atoms with Crippen LogP contribution >= 0.6 is 12.1 Å². The molecule has 0 aliphatic heterocycles. The van der Waals surface area contributed by atoms with Crippen molar-refractivity contribution in [2.45, 2.75) is 33.2 Å².